The van der Waals surface area contributed by atoms with E-state index in [9.17, 15) is 13.9 Å². The van der Waals surface area contributed by atoms with Gasteiger partial charge in [0.2, 0.25) is 0 Å². The van der Waals surface area contributed by atoms with Gasteiger partial charge in [0, 0.05) is 5.56 Å². The van der Waals surface area contributed by atoms with Gasteiger partial charge in [-0.1, -0.05) is 12.1 Å². The number of alkyl halides is 2. The molecule has 0 bridgehead atoms. The van der Waals surface area contributed by atoms with Crippen LogP contribution >= 0.6 is 0 Å². The summed E-state index contributed by atoms with van der Waals surface area (Å²) in [4.78, 5) is 0. The Kier molecular flexibility index (Phi) is 3.85. The van der Waals surface area contributed by atoms with Gasteiger partial charge in [-0.15, -0.1) is 0 Å². The van der Waals surface area contributed by atoms with Gasteiger partial charge in [0.05, 0.1) is 12.6 Å². The molecule has 3 nitrogen and oxygen atoms in total. The molecule has 1 aromatic rings. The number of benzene rings is 1. The molecule has 84 valence electrons. The predicted octanol–water partition coefficient (Wildman–Crippen LogP) is 2.06. The Hall–Kier alpha value is -1.36. The fourth-order valence-electron chi connectivity index (χ4n) is 1.22. The summed E-state index contributed by atoms with van der Waals surface area (Å²) in [6, 6.07) is 2.88. The van der Waals surface area contributed by atoms with E-state index < -0.39 is 12.5 Å². The van der Waals surface area contributed by atoms with Crippen molar-refractivity contribution in [3.8, 4) is 11.5 Å². The first kappa shape index (κ1) is 11.7. The van der Waals surface area contributed by atoms with E-state index in [2.05, 4.69) is 0 Å². The van der Waals surface area contributed by atoms with Crippen molar-refractivity contribution in [1.29, 1.82) is 0 Å². The number of hydrogen-bond acceptors (Lipinski definition) is 3. The van der Waals surface area contributed by atoms with Crippen molar-refractivity contribution >= 4 is 0 Å². The third-order valence-corrected chi connectivity index (χ3v) is 1.96. The highest BCUT2D eigenvalue weighted by Crippen LogP contribution is 2.34. The van der Waals surface area contributed by atoms with Crippen molar-refractivity contribution in [2.75, 3.05) is 6.61 Å². The van der Waals surface area contributed by atoms with Crippen LogP contribution in [0, 0.1) is 0 Å². The Morgan fingerprint density at radius 2 is 2.13 bits per heavy atom. The number of phenols is 1. The van der Waals surface area contributed by atoms with E-state index in [1.54, 1.807) is 6.92 Å². The number of ether oxygens (including phenoxy) is 1. The van der Waals surface area contributed by atoms with Crippen molar-refractivity contribution < 1.29 is 18.6 Å². The lowest BCUT2D eigenvalue weighted by Crippen LogP contribution is -2.19. The Morgan fingerprint density at radius 3 is 2.67 bits per heavy atom. The van der Waals surface area contributed by atoms with Gasteiger partial charge in [-0.3, -0.25) is 0 Å². The topological polar surface area (TPSA) is 55.5 Å². The molecule has 15 heavy (non-hydrogen) atoms. The number of aromatic hydroxyl groups is 1. The number of phenolic OH excluding ortho intramolecular Hbond substituents is 1. The molecule has 0 saturated heterocycles. The molecule has 0 amide bonds. The van der Waals surface area contributed by atoms with Crippen molar-refractivity contribution in [2.45, 2.75) is 19.4 Å². The van der Waals surface area contributed by atoms with Crippen LogP contribution in [0.2, 0.25) is 0 Å². The van der Waals surface area contributed by atoms with Gasteiger partial charge in [-0.25, -0.2) is 8.78 Å². The van der Waals surface area contributed by atoms with E-state index in [-0.39, 0.29) is 17.1 Å². The molecule has 0 saturated carbocycles. The quantitative estimate of drug-likeness (QED) is 0.811. The second-order valence-electron chi connectivity index (χ2n) is 2.99. The SMILES string of the molecule is CCOc1cccc([C@H](N)C(F)F)c1O. The molecule has 0 aliphatic rings. The average molecular weight is 217 g/mol. The Labute approximate surface area is 86.5 Å². The molecular formula is C10H13F2NO2. The maximum absolute atomic E-state index is 12.3. The first-order valence-corrected chi connectivity index (χ1v) is 4.56. The highest BCUT2D eigenvalue weighted by Gasteiger charge is 2.22. The van der Waals surface area contributed by atoms with Crippen LogP contribution in [0.1, 0.15) is 18.5 Å². The summed E-state index contributed by atoms with van der Waals surface area (Å²) < 4.78 is 29.7. The number of para-hydroxylation sites is 1. The van der Waals surface area contributed by atoms with E-state index >= 15 is 0 Å². The van der Waals surface area contributed by atoms with Gasteiger partial charge in [0.1, 0.15) is 0 Å². The molecule has 1 atom stereocenters. The van der Waals surface area contributed by atoms with Crippen LogP contribution in [0.3, 0.4) is 0 Å². The summed E-state index contributed by atoms with van der Waals surface area (Å²) in [5, 5.41) is 9.60. The summed E-state index contributed by atoms with van der Waals surface area (Å²) in [6.45, 7) is 2.08. The molecule has 1 aromatic carbocycles. The van der Waals surface area contributed by atoms with E-state index in [0.29, 0.717) is 6.61 Å². The normalized spacial score (nSPS) is 12.9. The Morgan fingerprint density at radius 1 is 1.47 bits per heavy atom. The van der Waals surface area contributed by atoms with Crippen LogP contribution in [-0.2, 0) is 0 Å². The third-order valence-electron chi connectivity index (χ3n) is 1.96. The Bertz CT molecular complexity index is 331. The monoisotopic (exact) mass is 217 g/mol. The van der Waals surface area contributed by atoms with Crippen molar-refractivity contribution in [3.05, 3.63) is 23.8 Å². The van der Waals surface area contributed by atoms with Crippen LogP contribution in [-0.4, -0.2) is 18.1 Å². The zero-order valence-electron chi connectivity index (χ0n) is 8.28. The van der Waals surface area contributed by atoms with E-state index in [1.807, 2.05) is 0 Å². The molecule has 0 fully saturated rings. The van der Waals surface area contributed by atoms with E-state index in [1.165, 1.54) is 18.2 Å². The van der Waals surface area contributed by atoms with Gasteiger partial charge in [0.25, 0.3) is 6.43 Å². The average Bonchev–Trinajstić information content (AvgIpc) is 2.20. The summed E-state index contributed by atoms with van der Waals surface area (Å²) in [6.07, 6.45) is -2.72. The van der Waals surface area contributed by atoms with Crippen LogP contribution in [0.15, 0.2) is 18.2 Å². The lowest BCUT2D eigenvalue weighted by Gasteiger charge is -2.14. The first-order valence-electron chi connectivity index (χ1n) is 4.56. The molecular weight excluding hydrogens is 204 g/mol. The molecule has 0 unspecified atom stereocenters. The maximum Gasteiger partial charge on any atom is 0.257 e. The smallest absolute Gasteiger partial charge is 0.257 e. The summed E-state index contributed by atoms with van der Waals surface area (Å²) in [5.41, 5.74) is 5.23. The molecule has 1 rings (SSSR count). The molecule has 0 radical (unpaired) electrons. The van der Waals surface area contributed by atoms with Gasteiger partial charge in [-0.2, -0.15) is 0 Å². The van der Waals surface area contributed by atoms with E-state index in [4.69, 9.17) is 10.5 Å². The van der Waals surface area contributed by atoms with Crippen LogP contribution in [0.4, 0.5) is 8.78 Å². The van der Waals surface area contributed by atoms with Crippen molar-refractivity contribution in [1.82, 2.24) is 0 Å². The third kappa shape index (κ3) is 2.56. The minimum atomic E-state index is -2.72. The number of nitrogens with two attached hydrogens (primary N) is 1. The molecule has 5 heteroatoms. The zero-order valence-corrected chi connectivity index (χ0v) is 8.28. The largest absolute Gasteiger partial charge is 0.504 e. The number of halogens is 2. The molecule has 3 N–H and O–H groups in total. The second-order valence-corrected chi connectivity index (χ2v) is 2.99. The van der Waals surface area contributed by atoms with Gasteiger partial charge >= 0.3 is 0 Å². The fraction of sp³-hybridized carbons (Fsp3) is 0.400. The van der Waals surface area contributed by atoms with E-state index in [0.717, 1.165) is 0 Å². The number of rotatable bonds is 4. The summed E-state index contributed by atoms with van der Waals surface area (Å²) in [7, 11) is 0. The van der Waals surface area contributed by atoms with Gasteiger partial charge in [0.15, 0.2) is 11.5 Å². The molecule has 0 aromatic heterocycles. The van der Waals surface area contributed by atoms with Gasteiger partial charge < -0.3 is 15.6 Å². The molecule has 0 spiro atoms. The van der Waals surface area contributed by atoms with Crippen molar-refractivity contribution in [3.63, 3.8) is 0 Å². The minimum Gasteiger partial charge on any atom is -0.504 e. The van der Waals surface area contributed by atoms with Crippen LogP contribution in [0.5, 0.6) is 11.5 Å². The maximum atomic E-state index is 12.3. The lowest BCUT2D eigenvalue weighted by atomic mass is 10.1. The summed E-state index contributed by atoms with van der Waals surface area (Å²) in [5.74, 6) is -0.141. The Balaban J connectivity index is 3.03. The fourth-order valence-corrected chi connectivity index (χ4v) is 1.22. The number of hydrogen-bond donors (Lipinski definition) is 2. The van der Waals surface area contributed by atoms with Crippen LogP contribution in [0.25, 0.3) is 0 Å². The molecule has 0 aliphatic carbocycles. The van der Waals surface area contributed by atoms with Crippen molar-refractivity contribution in [2.24, 2.45) is 5.73 Å². The lowest BCUT2D eigenvalue weighted by molar-refractivity contribution is 0.115. The first-order chi connectivity index (χ1) is 7.07. The highest BCUT2D eigenvalue weighted by molar-refractivity contribution is 5.47. The highest BCUT2D eigenvalue weighted by atomic mass is 19.3. The second kappa shape index (κ2) is 4.93. The van der Waals surface area contributed by atoms with Gasteiger partial charge in [-0.05, 0) is 13.0 Å². The zero-order chi connectivity index (χ0) is 11.4. The minimum absolute atomic E-state index is 0.00375. The molecule has 0 aliphatic heterocycles. The standard InChI is InChI=1S/C10H13F2NO2/c1-2-15-7-5-3-4-6(9(7)14)8(13)10(11)12/h3-5,8,10,14H,2,13H2,1H3/t8-/m0/s1. The predicted molar refractivity (Wildman–Crippen MR) is 52.2 cm³/mol. The summed E-state index contributed by atoms with van der Waals surface area (Å²) >= 11 is 0. The molecule has 0 heterocycles. The van der Waals surface area contributed by atoms with Crippen LogP contribution < -0.4 is 10.5 Å².